The molecule has 7 nitrogen and oxygen atoms in total. The van der Waals surface area contributed by atoms with Crippen LogP contribution in [0.4, 0.5) is 0 Å². The molecule has 1 fully saturated rings. The fourth-order valence-electron chi connectivity index (χ4n) is 3.99. The van der Waals surface area contributed by atoms with Crippen molar-refractivity contribution in [3.05, 3.63) is 47.1 Å². The number of hydrogen-bond acceptors (Lipinski definition) is 5. The maximum Gasteiger partial charge on any atom is 0.228 e. The van der Waals surface area contributed by atoms with Gasteiger partial charge in [-0.2, -0.15) is 0 Å². The van der Waals surface area contributed by atoms with E-state index >= 15 is 0 Å². The van der Waals surface area contributed by atoms with Gasteiger partial charge in [0.25, 0.3) is 0 Å². The van der Waals surface area contributed by atoms with Crippen LogP contribution in [0.15, 0.2) is 29.0 Å². The summed E-state index contributed by atoms with van der Waals surface area (Å²) in [6.45, 7) is 1.38. The van der Waals surface area contributed by atoms with Crippen molar-refractivity contribution in [3.63, 3.8) is 0 Å². The lowest BCUT2D eigenvalue weighted by molar-refractivity contribution is -0.135. The molecule has 142 valence electrons. The standard InChI is InChI=1S/C20H24N4O3/c1-23(13-17-16-6-2-3-7-18(16)27-22-17)20(26)15-9-19(25)24(12-15)11-14-5-4-8-21-10-14/h4-5,8,10,15H,2-3,6-7,9,11-13H2,1H3. The van der Waals surface area contributed by atoms with Gasteiger partial charge in [0, 0.05) is 50.9 Å². The van der Waals surface area contributed by atoms with Gasteiger partial charge in [-0.25, -0.2) is 0 Å². The lowest BCUT2D eigenvalue weighted by Crippen LogP contribution is -2.34. The molecule has 0 saturated carbocycles. The summed E-state index contributed by atoms with van der Waals surface area (Å²) in [4.78, 5) is 32.7. The molecule has 1 aliphatic carbocycles. The molecule has 27 heavy (non-hydrogen) atoms. The molecule has 1 atom stereocenters. The zero-order valence-corrected chi connectivity index (χ0v) is 15.6. The van der Waals surface area contributed by atoms with E-state index in [-0.39, 0.29) is 24.2 Å². The van der Waals surface area contributed by atoms with Gasteiger partial charge in [0.2, 0.25) is 11.8 Å². The Morgan fingerprint density at radius 1 is 1.37 bits per heavy atom. The molecule has 0 radical (unpaired) electrons. The Bertz CT molecular complexity index is 833. The largest absolute Gasteiger partial charge is 0.361 e. The predicted octanol–water partition coefficient (Wildman–Crippen LogP) is 1.96. The third-order valence-corrected chi connectivity index (χ3v) is 5.45. The second-order valence-electron chi connectivity index (χ2n) is 7.47. The van der Waals surface area contributed by atoms with Crippen molar-refractivity contribution in [2.45, 2.75) is 45.2 Å². The number of aromatic nitrogens is 2. The van der Waals surface area contributed by atoms with E-state index < -0.39 is 0 Å². The fraction of sp³-hybridized carbons (Fsp3) is 0.500. The Hall–Kier alpha value is -2.70. The minimum absolute atomic E-state index is 0.00963. The maximum atomic E-state index is 12.9. The average Bonchev–Trinajstić information content (AvgIpc) is 3.26. The van der Waals surface area contributed by atoms with Crippen molar-refractivity contribution < 1.29 is 14.1 Å². The molecular weight excluding hydrogens is 344 g/mol. The quantitative estimate of drug-likeness (QED) is 0.806. The third kappa shape index (κ3) is 3.72. The second-order valence-corrected chi connectivity index (χ2v) is 7.47. The zero-order chi connectivity index (χ0) is 18.8. The van der Waals surface area contributed by atoms with Gasteiger partial charge >= 0.3 is 0 Å². The summed E-state index contributed by atoms with van der Waals surface area (Å²) in [7, 11) is 1.78. The van der Waals surface area contributed by atoms with Crippen LogP contribution in [-0.4, -0.2) is 45.3 Å². The summed E-state index contributed by atoms with van der Waals surface area (Å²) in [6.07, 6.45) is 7.89. The van der Waals surface area contributed by atoms with Crippen LogP contribution >= 0.6 is 0 Å². The van der Waals surface area contributed by atoms with E-state index in [9.17, 15) is 9.59 Å². The highest BCUT2D eigenvalue weighted by Gasteiger charge is 2.36. The molecule has 1 unspecified atom stereocenters. The third-order valence-electron chi connectivity index (χ3n) is 5.45. The first-order valence-electron chi connectivity index (χ1n) is 9.50. The van der Waals surface area contributed by atoms with Gasteiger partial charge in [-0.1, -0.05) is 11.2 Å². The number of hydrogen-bond donors (Lipinski definition) is 0. The van der Waals surface area contributed by atoms with E-state index in [1.54, 1.807) is 29.2 Å². The molecule has 2 amide bonds. The Morgan fingerprint density at radius 2 is 2.22 bits per heavy atom. The molecule has 1 saturated heterocycles. The van der Waals surface area contributed by atoms with Gasteiger partial charge in [-0.15, -0.1) is 0 Å². The number of aryl methyl sites for hydroxylation is 1. The van der Waals surface area contributed by atoms with E-state index in [1.807, 2.05) is 12.1 Å². The van der Waals surface area contributed by atoms with E-state index in [2.05, 4.69) is 10.1 Å². The van der Waals surface area contributed by atoms with E-state index in [0.29, 0.717) is 19.6 Å². The smallest absolute Gasteiger partial charge is 0.228 e. The highest BCUT2D eigenvalue weighted by atomic mass is 16.5. The molecule has 0 N–H and O–H groups in total. The van der Waals surface area contributed by atoms with Crippen molar-refractivity contribution in [2.75, 3.05) is 13.6 Å². The van der Waals surface area contributed by atoms with E-state index in [1.165, 1.54) is 5.56 Å². The molecule has 1 aliphatic heterocycles. The average molecular weight is 368 g/mol. The van der Waals surface area contributed by atoms with Gasteiger partial charge in [-0.3, -0.25) is 14.6 Å². The number of fused-ring (bicyclic) bond motifs is 1. The van der Waals surface area contributed by atoms with Gasteiger partial charge in [0.15, 0.2) is 0 Å². The molecule has 0 spiro atoms. The second kappa shape index (κ2) is 7.50. The molecule has 2 aromatic heterocycles. The van der Waals surface area contributed by atoms with Crippen LogP contribution in [0.1, 0.15) is 41.8 Å². The molecule has 7 heteroatoms. The number of likely N-dealkylation sites (tertiary alicyclic amines) is 1. The van der Waals surface area contributed by atoms with Crippen LogP contribution in [0, 0.1) is 5.92 Å². The summed E-state index contributed by atoms with van der Waals surface area (Å²) >= 11 is 0. The highest BCUT2D eigenvalue weighted by Crippen LogP contribution is 2.26. The number of carbonyl (C=O) groups excluding carboxylic acids is 2. The lowest BCUT2D eigenvalue weighted by Gasteiger charge is -2.21. The van der Waals surface area contributed by atoms with Crippen LogP contribution in [0.25, 0.3) is 0 Å². The summed E-state index contributed by atoms with van der Waals surface area (Å²) in [6, 6.07) is 3.79. The number of rotatable bonds is 5. The van der Waals surface area contributed by atoms with Crippen molar-refractivity contribution in [1.82, 2.24) is 19.9 Å². The number of nitrogens with zero attached hydrogens (tertiary/aromatic N) is 4. The minimum Gasteiger partial charge on any atom is -0.361 e. The van der Waals surface area contributed by atoms with E-state index in [4.69, 9.17) is 4.52 Å². The highest BCUT2D eigenvalue weighted by molar-refractivity contribution is 5.89. The summed E-state index contributed by atoms with van der Waals surface area (Å²) in [5.41, 5.74) is 3.00. The predicted molar refractivity (Wildman–Crippen MR) is 97.4 cm³/mol. The number of amides is 2. The Morgan fingerprint density at radius 3 is 3.04 bits per heavy atom. The molecule has 4 rings (SSSR count). The van der Waals surface area contributed by atoms with Crippen molar-refractivity contribution in [2.24, 2.45) is 5.92 Å². The van der Waals surface area contributed by atoms with Gasteiger partial charge in [0.1, 0.15) is 11.5 Å². The van der Waals surface area contributed by atoms with Crippen LogP contribution in [0.3, 0.4) is 0 Å². The maximum absolute atomic E-state index is 12.9. The van der Waals surface area contributed by atoms with Gasteiger partial charge in [-0.05, 0) is 30.9 Å². The lowest BCUT2D eigenvalue weighted by atomic mass is 9.96. The zero-order valence-electron chi connectivity index (χ0n) is 15.6. The van der Waals surface area contributed by atoms with Crippen LogP contribution in [0.5, 0.6) is 0 Å². The molecule has 2 aliphatic rings. The van der Waals surface area contributed by atoms with Gasteiger partial charge < -0.3 is 14.3 Å². The van der Waals surface area contributed by atoms with Crippen molar-refractivity contribution in [1.29, 1.82) is 0 Å². The topological polar surface area (TPSA) is 79.5 Å². The van der Waals surface area contributed by atoms with Crippen LogP contribution in [0.2, 0.25) is 0 Å². The number of pyridine rings is 1. The molecule has 3 heterocycles. The summed E-state index contributed by atoms with van der Waals surface area (Å²) in [5, 5.41) is 4.18. The molecule has 2 aromatic rings. The van der Waals surface area contributed by atoms with Crippen LogP contribution < -0.4 is 0 Å². The Balaban J connectivity index is 1.38. The number of carbonyl (C=O) groups is 2. The SMILES string of the molecule is CN(Cc1noc2c1CCCC2)C(=O)C1CC(=O)N(Cc2cccnc2)C1. The van der Waals surface area contributed by atoms with Gasteiger partial charge in [0.05, 0.1) is 12.5 Å². The van der Waals surface area contributed by atoms with Crippen LogP contribution in [-0.2, 0) is 35.5 Å². The molecular formula is C20H24N4O3. The normalized spacial score (nSPS) is 19.2. The molecule has 0 bridgehead atoms. The Kier molecular flexibility index (Phi) is 4.92. The fourth-order valence-corrected chi connectivity index (χ4v) is 3.99. The monoisotopic (exact) mass is 368 g/mol. The Labute approximate surface area is 158 Å². The van der Waals surface area contributed by atoms with Crippen molar-refractivity contribution in [3.8, 4) is 0 Å². The first kappa shape index (κ1) is 17.7. The van der Waals surface area contributed by atoms with Crippen molar-refractivity contribution >= 4 is 11.8 Å². The summed E-state index contributed by atoms with van der Waals surface area (Å²) < 4.78 is 5.44. The summed E-state index contributed by atoms with van der Waals surface area (Å²) in [5.74, 6) is 0.673. The van der Waals surface area contributed by atoms with E-state index in [0.717, 1.165) is 42.7 Å². The molecule has 0 aromatic carbocycles. The first-order valence-corrected chi connectivity index (χ1v) is 9.50. The minimum atomic E-state index is -0.304. The first-order chi connectivity index (χ1) is 13.1.